The van der Waals surface area contributed by atoms with E-state index in [0.29, 0.717) is 4.34 Å². The summed E-state index contributed by atoms with van der Waals surface area (Å²) in [6.45, 7) is -0.0314. The Morgan fingerprint density at radius 2 is 2.35 bits per heavy atom. The Balaban J connectivity index is 2.15. The van der Waals surface area contributed by atoms with Crippen LogP contribution in [0.1, 0.15) is 11.0 Å². The quantitative estimate of drug-likeness (QED) is 0.896. The van der Waals surface area contributed by atoms with Crippen LogP contribution in [0.25, 0.3) is 0 Å². The van der Waals surface area contributed by atoms with E-state index in [-0.39, 0.29) is 12.6 Å². The summed E-state index contributed by atoms with van der Waals surface area (Å²) >= 11 is 10.6. The van der Waals surface area contributed by atoms with E-state index in [0.717, 1.165) is 15.2 Å². The van der Waals surface area contributed by atoms with Crippen molar-refractivity contribution in [3.63, 3.8) is 0 Å². The van der Waals surface area contributed by atoms with Gasteiger partial charge in [0.15, 0.2) is 0 Å². The largest absolute Gasteiger partial charge is 0.394 e. The Labute approximate surface area is 117 Å². The monoisotopic (exact) mass is 332 g/mol. The fraction of sp³-hybridized carbons (Fsp3) is 0.182. The average molecular weight is 334 g/mol. The molecule has 2 aromatic rings. The van der Waals surface area contributed by atoms with Crippen LogP contribution in [0.3, 0.4) is 0 Å². The molecule has 1 heterocycles. The van der Waals surface area contributed by atoms with Crippen molar-refractivity contribution in [1.82, 2.24) is 4.98 Å². The van der Waals surface area contributed by atoms with Crippen molar-refractivity contribution in [2.75, 3.05) is 11.9 Å². The van der Waals surface area contributed by atoms with Gasteiger partial charge >= 0.3 is 0 Å². The van der Waals surface area contributed by atoms with E-state index >= 15 is 0 Å². The van der Waals surface area contributed by atoms with Gasteiger partial charge in [0.2, 0.25) is 0 Å². The zero-order chi connectivity index (χ0) is 12.3. The van der Waals surface area contributed by atoms with E-state index in [9.17, 15) is 5.11 Å². The summed E-state index contributed by atoms with van der Waals surface area (Å²) in [7, 11) is 0. The van der Waals surface area contributed by atoms with Crippen molar-refractivity contribution in [2.45, 2.75) is 6.04 Å². The number of anilines is 1. The third kappa shape index (κ3) is 3.42. The SMILES string of the molecule is OCC(Nc1cccc(Br)c1)c1ncc(Cl)s1. The van der Waals surface area contributed by atoms with E-state index < -0.39 is 0 Å². The van der Waals surface area contributed by atoms with E-state index in [2.05, 4.69) is 26.2 Å². The van der Waals surface area contributed by atoms with Crippen LogP contribution in [-0.4, -0.2) is 16.7 Å². The minimum absolute atomic E-state index is 0.0314. The maximum absolute atomic E-state index is 9.37. The van der Waals surface area contributed by atoms with Crippen LogP contribution in [0.2, 0.25) is 4.34 Å². The van der Waals surface area contributed by atoms with Crippen molar-refractivity contribution in [2.24, 2.45) is 0 Å². The standard InChI is InChI=1S/C11H10BrClN2OS/c12-7-2-1-3-8(4-7)15-9(6-16)11-14-5-10(13)17-11/h1-5,9,15-16H,6H2. The number of aliphatic hydroxyl groups excluding tert-OH is 1. The summed E-state index contributed by atoms with van der Waals surface area (Å²) in [4.78, 5) is 4.16. The summed E-state index contributed by atoms with van der Waals surface area (Å²) in [6.07, 6.45) is 1.59. The Hall–Kier alpha value is -0.620. The molecule has 0 aliphatic rings. The van der Waals surface area contributed by atoms with Crippen molar-refractivity contribution < 1.29 is 5.11 Å². The molecule has 0 aliphatic heterocycles. The fourth-order valence-electron chi connectivity index (χ4n) is 1.39. The van der Waals surface area contributed by atoms with Gasteiger partial charge in [0.05, 0.1) is 12.8 Å². The Morgan fingerprint density at radius 3 is 2.94 bits per heavy atom. The number of halogens is 2. The molecule has 3 nitrogen and oxygen atoms in total. The molecule has 1 aromatic heterocycles. The minimum atomic E-state index is -0.234. The van der Waals surface area contributed by atoms with Gasteiger partial charge in [0, 0.05) is 10.2 Å². The highest BCUT2D eigenvalue weighted by Gasteiger charge is 2.14. The lowest BCUT2D eigenvalue weighted by Crippen LogP contribution is -2.14. The number of hydrogen-bond acceptors (Lipinski definition) is 4. The number of aliphatic hydroxyl groups is 1. The van der Waals surface area contributed by atoms with Crippen LogP contribution in [0.5, 0.6) is 0 Å². The van der Waals surface area contributed by atoms with E-state index in [1.807, 2.05) is 24.3 Å². The highest BCUT2D eigenvalue weighted by Crippen LogP contribution is 2.27. The second-order valence-electron chi connectivity index (χ2n) is 3.39. The van der Waals surface area contributed by atoms with Gasteiger partial charge in [-0.3, -0.25) is 0 Å². The molecule has 0 bridgehead atoms. The Kier molecular flexibility index (Phi) is 4.39. The normalized spacial score (nSPS) is 12.4. The third-order valence-corrected chi connectivity index (χ3v) is 3.86. The number of benzene rings is 1. The predicted octanol–water partition coefficient (Wildman–Crippen LogP) is 3.70. The Morgan fingerprint density at radius 1 is 1.53 bits per heavy atom. The van der Waals surface area contributed by atoms with Crippen LogP contribution >= 0.6 is 38.9 Å². The molecule has 0 radical (unpaired) electrons. The van der Waals surface area contributed by atoms with E-state index in [4.69, 9.17) is 11.6 Å². The maximum atomic E-state index is 9.37. The molecule has 1 aromatic carbocycles. The first kappa shape index (κ1) is 12.8. The van der Waals surface area contributed by atoms with Crippen LogP contribution in [-0.2, 0) is 0 Å². The van der Waals surface area contributed by atoms with Gasteiger partial charge in [-0.1, -0.05) is 33.6 Å². The van der Waals surface area contributed by atoms with Gasteiger partial charge in [0.1, 0.15) is 15.4 Å². The predicted molar refractivity (Wildman–Crippen MR) is 74.7 cm³/mol. The summed E-state index contributed by atoms with van der Waals surface area (Å²) in [6, 6.07) is 7.51. The first-order chi connectivity index (χ1) is 8.19. The minimum Gasteiger partial charge on any atom is -0.394 e. The molecule has 0 amide bonds. The fourth-order valence-corrected chi connectivity index (χ4v) is 2.76. The van der Waals surface area contributed by atoms with Gasteiger partial charge in [-0.05, 0) is 18.2 Å². The molecule has 0 saturated carbocycles. The molecule has 0 aliphatic carbocycles. The number of rotatable bonds is 4. The summed E-state index contributed by atoms with van der Waals surface area (Å²) in [5.74, 6) is 0. The van der Waals surface area contributed by atoms with Gasteiger partial charge in [-0.15, -0.1) is 11.3 Å². The van der Waals surface area contributed by atoms with Crippen molar-refractivity contribution in [3.05, 3.63) is 44.3 Å². The lowest BCUT2D eigenvalue weighted by molar-refractivity contribution is 0.276. The molecule has 90 valence electrons. The molecule has 1 unspecified atom stereocenters. The summed E-state index contributed by atoms with van der Waals surface area (Å²) in [5.41, 5.74) is 0.921. The number of hydrogen-bond donors (Lipinski definition) is 2. The van der Waals surface area contributed by atoms with Gasteiger partial charge < -0.3 is 10.4 Å². The molecular formula is C11H10BrClN2OS. The highest BCUT2D eigenvalue weighted by atomic mass is 79.9. The summed E-state index contributed by atoms with van der Waals surface area (Å²) < 4.78 is 1.60. The molecule has 2 rings (SSSR count). The molecule has 1 atom stereocenters. The highest BCUT2D eigenvalue weighted by molar-refractivity contribution is 9.10. The lowest BCUT2D eigenvalue weighted by Gasteiger charge is -2.15. The van der Waals surface area contributed by atoms with Gasteiger partial charge in [0.25, 0.3) is 0 Å². The molecule has 0 fully saturated rings. The van der Waals surface area contributed by atoms with Crippen molar-refractivity contribution in [1.29, 1.82) is 0 Å². The number of aromatic nitrogens is 1. The summed E-state index contributed by atoms with van der Waals surface area (Å²) in [5, 5.41) is 13.4. The van der Waals surface area contributed by atoms with Crippen LogP contribution < -0.4 is 5.32 Å². The van der Waals surface area contributed by atoms with Gasteiger partial charge in [-0.2, -0.15) is 0 Å². The first-order valence-corrected chi connectivity index (χ1v) is 6.92. The average Bonchev–Trinajstić information content (AvgIpc) is 2.73. The molecule has 17 heavy (non-hydrogen) atoms. The smallest absolute Gasteiger partial charge is 0.119 e. The lowest BCUT2D eigenvalue weighted by atomic mass is 10.2. The van der Waals surface area contributed by atoms with Crippen LogP contribution in [0.15, 0.2) is 34.9 Å². The number of thiazole rings is 1. The zero-order valence-electron chi connectivity index (χ0n) is 8.73. The molecule has 6 heteroatoms. The third-order valence-electron chi connectivity index (χ3n) is 2.14. The van der Waals surface area contributed by atoms with E-state index in [1.54, 1.807) is 6.20 Å². The number of nitrogens with zero attached hydrogens (tertiary/aromatic N) is 1. The van der Waals surface area contributed by atoms with E-state index in [1.165, 1.54) is 11.3 Å². The maximum Gasteiger partial charge on any atom is 0.119 e. The first-order valence-electron chi connectivity index (χ1n) is 4.93. The molecule has 2 N–H and O–H groups in total. The molecular weight excluding hydrogens is 324 g/mol. The second-order valence-corrected chi connectivity index (χ2v) is 6.00. The zero-order valence-corrected chi connectivity index (χ0v) is 11.9. The van der Waals surface area contributed by atoms with Crippen LogP contribution in [0.4, 0.5) is 5.69 Å². The topological polar surface area (TPSA) is 45.1 Å². The Bertz CT molecular complexity index is 506. The van der Waals surface area contributed by atoms with Gasteiger partial charge in [-0.25, -0.2) is 4.98 Å². The second kappa shape index (κ2) is 5.82. The van der Waals surface area contributed by atoms with Crippen molar-refractivity contribution >= 4 is 44.6 Å². The van der Waals surface area contributed by atoms with Crippen molar-refractivity contribution in [3.8, 4) is 0 Å². The van der Waals surface area contributed by atoms with Crippen LogP contribution in [0, 0.1) is 0 Å². The molecule has 0 saturated heterocycles. The number of nitrogens with one attached hydrogen (secondary N) is 1. The molecule has 0 spiro atoms.